The zero-order valence-corrected chi connectivity index (χ0v) is 15.3. The summed E-state index contributed by atoms with van der Waals surface area (Å²) in [6.07, 6.45) is 4.16. The lowest BCUT2D eigenvalue weighted by atomic mass is 9.99. The predicted molar refractivity (Wildman–Crippen MR) is 99.5 cm³/mol. The average Bonchev–Trinajstić information content (AvgIpc) is 2.60. The first-order valence-electron chi connectivity index (χ1n) is 8.48. The fourth-order valence-corrected chi connectivity index (χ4v) is 2.75. The van der Waals surface area contributed by atoms with Gasteiger partial charge in [0.2, 0.25) is 5.91 Å². The number of nitrogens with two attached hydrogens (primary N) is 1. The van der Waals surface area contributed by atoms with Gasteiger partial charge in [0.15, 0.2) is 0 Å². The predicted octanol–water partition coefficient (Wildman–Crippen LogP) is 3.05. The topological polar surface area (TPSA) is 75.4 Å². The molecule has 5 nitrogen and oxygen atoms in total. The summed E-state index contributed by atoms with van der Waals surface area (Å²) >= 11 is 0. The molecule has 1 aromatic carbocycles. The lowest BCUT2D eigenvalue weighted by Gasteiger charge is -2.27. The van der Waals surface area contributed by atoms with Crippen molar-refractivity contribution in [1.82, 2.24) is 4.90 Å². The number of likely N-dealkylation sites (tertiary alicyclic amines) is 1. The minimum Gasteiger partial charge on any atom is -0.339 e. The minimum absolute atomic E-state index is 0. The number of halogens is 1. The van der Waals surface area contributed by atoms with Crippen molar-refractivity contribution in [2.45, 2.75) is 45.6 Å². The summed E-state index contributed by atoms with van der Waals surface area (Å²) in [4.78, 5) is 26.6. The molecule has 0 radical (unpaired) electrons. The van der Waals surface area contributed by atoms with Crippen molar-refractivity contribution < 1.29 is 9.59 Å². The first kappa shape index (κ1) is 20.5. The molecule has 1 fully saturated rings. The molecule has 2 amide bonds. The molecule has 24 heavy (non-hydrogen) atoms. The summed E-state index contributed by atoms with van der Waals surface area (Å²) in [5.41, 5.74) is 7.18. The third-order valence-electron chi connectivity index (χ3n) is 4.58. The Balaban J connectivity index is 0.00000288. The third-order valence-corrected chi connectivity index (χ3v) is 4.58. The van der Waals surface area contributed by atoms with Gasteiger partial charge in [0.25, 0.3) is 5.91 Å². The summed E-state index contributed by atoms with van der Waals surface area (Å²) in [5.74, 6) is -0.0536. The van der Waals surface area contributed by atoms with Crippen LogP contribution in [0.3, 0.4) is 0 Å². The molecule has 1 aromatic rings. The number of benzene rings is 1. The van der Waals surface area contributed by atoms with Gasteiger partial charge in [-0.15, -0.1) is 12.4 Å². The Kier molecular flexibility index (Phi) is 8.22. The zero-order valence-electron chi connectivity index (χ0n) is 14.5. The summed E-state index contributed by atoms with van der Waals surface area (Å²) in [5, 5.41) is 2.82. The highest BCUT2D eigenvalue weighted by Crippen LogP contribution is 2.17. The van der Waals surface area contributed by atoms with E-state index in [9.17, 15) is 9.59 Å². The van der Waals surface area contributed by atoms with Crippen molar-refractivity contribution in [2.75, 3.05) is 18.4 Å². The number of carbonyl (C=O) groups excluding carboxylic acids is 2. The maximum absolute atomic E-state index is 12.5. The Morgan fingerprint density at radius 1 is 1.25 bits per heavy atom. The molecule has 0 aromatic heterocycles. The van der Waals surface area contributed by atoms with Gasteiger partial charge in [0.1, 0.15) is 0 Å². The van der Waals surface area contributed by atoms with E-state index in [1.807, 2.05) is 18.7 Å². The van der Waals surface area contributed by atoms with Gasteiger partial charge in [-0.3, -0.25) is 9.59 Å². The average molecular weight is 354 g/mol. The molecule has 2 unspecified atom stereocenters. The largest absolute Gasteiger partial charge is 0.339 e. The quantitative estimate of drug-likeness (QED) is 0.854. The van der Waals surface area contributed by atoms with Crippen molar-refractivity contribution in [3.8, 4) is 0 Å². The van der Waals surface area contributed by atoms with Gasteiger partial charge < -0.3 is 16.0 Å². The van der Waals surface area contributed by atoms with Crippen LogP contribution in [-0.2, 0) is 4.79 Å². The van der Waals surface area contributed by atoms with Gasteiger partial charge in [-0.25, -0.2) is 0 Å². The molecular formula is C18H28ClN3O2. The fourth-order valence-electron chi connectivity index (χ4n) is 2.75. The van der Waals surface area contributed by atoms with Gasteiger partial charge in [0.05, 0.1) is 6.04 Å². The number of nitrogens with zero attached hydrogens (tertiary/aromatic N) is 1. The van der Waals surface area contributed by atoms with Gasteiger partial charge in [-0.1, -0.05) is 26.3 Å². The van der Waals surface area contributed by atoms with E-state index in [0.29, 0.717) is 11.3 Å². The van der Waals surface area contributed by atoms with E-state index >= 15 is 0 Å². The fraction of sp³-hybridized carbons (Fsp3) is 0.556. The lowest BCUT2D eigenvalue weighted by Crippen LogP contribution is -2.40. The third kappa shape index (κ3) is 5.21. The molecule has 6 heteroatoms. The summed E-state index contributed by atoms with van der Waals surface area (Å²) in [6.45, 7) is 5.60. The summed E-state index contributed by atoms with van der Waals surface area (Å²) in [6, 6.07) is 6.57. The Morgan fingerprint density at radius 3 is 2.54 bits per heavy atom. The molecule has 134 valence electrons. The van der Waals surface area contributed by atoms with E-state index in [0.717, 1.165) is 32.4 Å². The van der Waals surface area contributed by atoms with Gasteiger partial charge in [0, 0.05) is 24.3 Å². The summed E-state index contributed by atoms with van der Waals surface area (Å²) < 4.78 is 0. The van der Waals surface area contributed by atoms with Crippen LogP contribution in [0.1, 0.15) is 49.9 Å². The Labute approximate surface area is 150 Å². The van der Waals surface area contributed by atoms with Gasteiger partial charge >= 0.3 is 0 Å². The molecule has 1 aliphatic rings. The van der Waals surface area contributed by atoms with Crippen molar-refractivity contribution >= 4 is 29.9 Å². The van der Waals surface area contributed by atoms with Crippen LogP contribution in [0.15, 0.2) is 24.3 Å². The van der Waals surface area contributed by atoms with Crippen LogP contribution in [0, 0.1) is 5.92 Å². The molecule has 2 rings (SSSR count). The van der Waals surface area contributed by atoms with Crippen molar-refractivity contribution in [2.24, 2.45) is 11.7 Å². The highest BCUT2D eigenvalue weighted by Gasteiger charge is 2.21. The minimum atomic E-state index is -0.540. The van der Waals surface area contributed by atoms with E-state index in [-0.39, 0.29) is 30.1 Å². The second kappa shape index (κ2) is 9.64. The molecule has 0 spiro atoms. The number of amides is 2. The standard InChI is InChI=1S/C18H27N3O2.ClH/c1-3-13(2)16(19)17(22)20-15-9-7-8-14(12-15)18(23)21-10-5-4-6-11-21;/h7-9,12-13,16H,3-6,10-11,19H2,1-2H3,(H,20,22);1H. The molecule has 0 aliphatic carbocycles. The van der Waals surface area contributed by atoms with E-state index in [4.69, 9.17) is 5.73 Å². The highest BCUT2D eigenvalue weighted by molar-refractivity contribution is 5.98. The summed E-state index contributed by atoms with van der Waals surface area (Å²) in [7, 11) is 0. The Bertz CT molecular complexity index is 559. The van der Waals surface area contributed by atoms with E-state index in [2.05, 4.69) is 5.32 Å². The molecule has 1 aliphatic heterocycles. The molecule has 3 N–H and O–H groups in total. The second-order valence-corrected chi connectivity index (χ2v) is 6.33. The Morgan fingerprint density at radius 2 is 1.92 bits per heavy atom. The van der Waals surface area contributed by atoms with Gasteiger partial charge in [-0.05, 0) is 43.4 Å². The maximum atomic E-state index is 12.5. The number of piperidine rings is 1. The molecule has 1 saturated heterocycles. The molecular weight excluding hydrogens is 326 g/mol. The van der Waals surface area contributed by atoms with Crippen LogP contribution in [0.4, 0.5) is 5.69 Å². The number of anilines is 1. The highest BCUT2D eigenvalue weighted by atomic mass is 35.5. The second-order valence-electron chi connectivity index (χ2n) is 6.33. The van der Waals surface area contributed by atoms with Crippen LogP contribution >= 0.6 is 12.4 Å². The first-order valence-corrected chi connectivity index (χ1v) is 8.48. The van der Waals surface area contributed by atoms with E-state index in [1.54, 1.807) is 24.3 Å². The number of rotatable bonds is 5. The SMILES string of the molecule is CCC(C)C(N)C(=O)Nc1cccc(C(=O)N2CCCCC2)c1.Cl. The monoisotopic (exact) mass is 353 g/mol. The Hall–Kier alpha value is -1.59. The van der Waals surface area contributed by atoms with Crippen LogP contribution in [0.5, 0.6) is 0 Å². The zero-order chi connectivity index (χ0) is 16.8. The number of hydrogen-bond acceptors (Lipinski definition) is 3. The van der Waals surface area contributed by atoms with Crippen molar-refractivity contribution in [1.29, 1.82) is 0 Å². The number of hydrogen-bond donors (Lipinski definition) is 2. The lowest BCUT2D eigenvalue weighted by molar-refractivity contribution is -0.118. The van der Waals surface area contributed by atoms with Gasteiger partial charge in [-0.2, -0.15) is 0 Å². The molecule has 0 saturated carbocycles. The normalized spacial score (nSPS) is 16.7. The first-order chi connectivity index (χ1) is 11.0. The van der Waals surface area contributed by atoms with Crippen molar-refractivity contribution in [3.63, 3.8) is 0 Å². The van der Waals surface area contributed by atoms with Crippen molar-refractivity contribution in [3.05, 3.63) is 29.8 Å². The van der Waals surface area contributed by atoms with Crippen LogP contribution in [0.2, 0.25) is 0 Å². The maximum Gasteiger partial charge on any atom is 0.253 e. The molecule has 0 bridgehead atoms. The van der Waals surface area contributed by atoms with E-state index in [1.165, 1.54) is 6.42 Å². The smallest absolute Gasteiger partial charge is 0.253 e. The van der Waals surface area contributed by atoms with Crippen LogP contribution in [-0.4, -0.2) is 35.8 Å². The van der Waals surface area contributed by atoms with E-state index < -0.39 is 6.04 Å². The van der Waals surface area contributed by atoms with Crippen LogP contribution in [0.25, 0.3) is 0 Å². The molecule has 2 atom stereocenters. The number of carbonyl (C=O) groups is 2. The van der Waals surface area contributed by atoms with Crippen LogP contribution < -0.4 is 11.1 Å². The number of nitrogens with one attached hydrogen (secondary N) is 1. The molecule has 1 heterocycles.